The fourth-order valence-electron chi connectivity index (χ4n) is 3.23. The van der Waals surface area contributed by atoms with Crippen LogP contribution in [0.2, 0.25) is 0 Å². The molecule has 1 aliphatic heterocycles. The first-order valence-corrected chi connectivity index (χ1v) is 7.48. The van der Waals surface area contributed by atoms with E-state index in [0.717, 1.165) is 18.5 Å². The Labute approximate surface area is 115 Å². The van der Waals surface area contributed by atoms with Gasteiger partial charge in [-0.15, -0.1) is 0 Å². The smallest absolute Gasteiger partial charge is 0.128 e. The van der Waals surface area contributed by atoms with E-state index in [2.05, 4.69) is 11.8 Å². The quantitative estimate of drug-likeness (QED) is 0.902. The second kappa shape index (κ2) is 7.01. The first kappa shape index (κ1) is 14.5. The number of hydrogen-bond acceptors (Lipinski definition) is 2. The molecule has 0 spiro atoms. The van der Waals surface area contributed by atoms with Crippen LogP contribution in [0.3, 0.4) is 0 Å². The van der Waals surface area contributed by atoms with E-state index in [4.69, 9.17) is 5.73 Å². The number of halogens is 1. The molecular weight excluding hydrogens is 239 g/mol. The third-order valence-electron chi connectivity index (χ3n) is 4.28. The molecule has 1 aromatic carbocycles. The highest BCUT2D eigenvalue weighted by Crippen LogP contribution is 2.30. The normalized spacial score (nSPS) is 23.0. The van der Waals surface area contributed by atoms with Crippen LogP contribution in [0.4, 0.5) is 4.39 Å². The van der Waals surface area contributed by atoms with Crippen molar-refractivity contribution in [1.82, 2.24) is 4.90 Å². The van der Waals surface area contributed by atoms with Gasteiger partial charge in [-0.3, -0.25) is 4.90 Å². The Bertz CT molecular complexity index is 394. The third-order valence-corrected chi connectivity index (χ3v) is 4.28. The van der Waals surface area contributed by atoms with E-state index in [0.29, 0.717) is 12.6 Å². The number of benzene rings is 1. The average Bonchev–Trinajstić information content (AvgIpc) is 2.67. The van der Waals surface area contributed by atoms with Crippen molar-refractivity contribution < 1.29 is 4.39 Å². The molecule has 0 aliphatic carbocycles. The minimum Gasteiger partial charge on any atom is -0.329 e. The molecule has 0 bridgehead atoms. The zero-order valence-corrected chi connectivity index (χ0v) is 11.8. The van der Waals surface area contributed by atoms with E-state index in [-0.39, 0.29) is 11.9 Å². The lowest BCUT2D eigenvalue weighted by Crippen LogP contribution is -2.41. The highest BCUT2D eigenvalue weighted by Gasteiger charge is 2.28. The maximum Gasteiger partial charge on any atom is 0.128 e. The van der Waals surface area contributed by atoms with Gasteiger partial charge in [-0.1, -0.05) is 38.0 Å². The van der Waals surface area contributed by atoms with Gasteiger partial charge in [0.05, 0.1) is 6.04 Å². The summed E-state index contributed by atoms with van der Waals surface area (Å²) in [6.07, 6.45) is 6.08. The van der Waals surface area contributed by atoms with Gasteiger partial charge in [0, 0.05) is 18.2 Å². The monoisotopic (exact) mass is 264 g/mol. The molecule has 0 radical (unpaired) electrons. The molecule has 2 atom stereocenters. The number of nitrogens with two attached hydrogens (primary N) is 1. The van der Waals surface area contributed by atoms with Crippen molar-refractivity contribution in [3.8, 4) is 0 Å². The minimum atomic E-state index is -0.128. The van der Waals surface area contributed by atoms with Crippen LogP contribution in [-0.4, -0.2) is 24.0 Å². The van der Waals surface area contributed by atoms with Crippen molar-refractivity contribution in [1.29, 1.82) is 0 Å². The van der Waals surface area contributed by atoms with Crippen molar-refractivity contribution in [2.75, 3.05) is 13.1 Å². The Morgan fingerprint density at radius 3 is 2.79 bits per heavy atom. The Kier molecular flexibility index (Phi) is 5.34. The van der Waals surface area contributed by atoms with Gasteiger partial charge < -0.3 is 5.73 Å². The predicted octanol–water partition coefficient (Wildman–Crippen LogP) is 3.48. The summed E-state index contributed by atoms with van der Waals surface area (Å²) in [6.45, 7) is 3.74. The maximum atomic E-state index is 14.0. The van der Waals surface area contributed by atoms with Crippen molar-refractivity contribution in [3.63, 3.8) is 0 Å². The summed E-state index contributed by atoms with van der Waals surface area (Å²) in [5.41, 5.74) is 6.72. The Hall–Kier alpha value is -0.930. The van der Waals surface area contributed by atoms with Crippen molar-refractivity contribution in [2.45, 2.75) is 51.1 Å². The van der Waals surface area contributed by atoms with E-state index in [1.54, 1.807) is 6.07 Å². The van der Waals surface area contributed by atoms with E-state index in [1.165, 1.54) is 31.7 Å². The van der Waals surface area contributed by atoms with Crippen LogP contribution >= 0.6 is 0 Å². The molecule has 2 unspecified atom stereocenters. The molecule has 2 N–H and O–H groups in total. The molecule has 1 heterocycles. The van der Waals surface area contributed by atoms with Gasteiger partial charge in [-0.05, 0) is 31.9 Å². The molecule has 2 rings (SSSR count). The SMILES string of the molecule is CCC1CCCCCN1C(CN)c1ccccc1F. The maximum absolute atomic E-state index is 14.0. The third kappa shape index (κ3) is 3.34. The van der Waals surface area contributed by atoms with Gasteiger partial charge in [0.15, 0.2) is 0 Å². The summed E-state index contributed by atoms with van der Waals surface area (Å²) in [7, 11) is 0. The molecule has 1 fully saturated rings. The standard InChI is InChI=1S/C16H25FN2/c1-2-13-8-4-3-7-11-19(13)16(12-18)14-9-5-6-10-15(14)17/h5-6,9-10,13,16H,2-4,7-8,11-12,18H2,1H3. The topological polar surface area (TPSA) is 29.3 Å². The summed E-state index contributed by atoms with van der Waals surface area (Å²) in [4.78, 5) is 2.44. The summed E-state index contributed by atoms with van der Waals surface area (Å²) in [5.74, 6) is -0.128. The first-order valence-electron chi connectivity index (χ1n) is 7.48. The molecule has 0 amide bonds. The zero-order valence-electron chi connectivity index (χ0n) is 11.8. The first-order chi connectivity index (χ1) is 9.27. The van der Waals surface area contributed by atoms with Crippen molar-refractivity contribution in [3.05, 3.63) is 35.6 Å². The second-order valence-electron chi connectivity index (χ2n) is 5.42. The number of rotatable bonds is 4. The molecule has 106 valence electrons. The van der Waals surface area contributed by atoms with Crippen LogP contribution in [0.25, 0.3) is 0 Å². The van der Waals surface area contributed by atoms with Crippen LogP contribution < -0.4 is 5.73 Å². The average molecular weight is 264 g/mol. The fourth-order valence-corrected chi connectivity index (χ4v) is 3.23. The largest absolute Gasteiger partial charge is 0.329 e. The molecule has 2 nitrogen and oxygen atoms in total. The highest BCUT2D eigenvalue weighted by atomic mass is 19.1. The fraction of sp³-hybridized carbons (Fsp3) is 0.625. The van der Waals surface area contributed by atoms with E-state index in [9.17, 15) is 4.39 Å². The molecule has 0 aromatic heterocycles. The van der Waals surface area contributed by atoms with Gasteiger partial charge in [-0.2, -0.15) is 0 Å². The molecule has 19 heavy (non-hydrogen) atoms. The van der Waals surface area contributed by atoms with E-state index in [1.807, 2.05) is 12.1 Å². The minimum absolute atomic E-state index is 0.0178. The number of nitrogens with zero attached hydrogens (tertiary/aromatic N) is 1. The second-order valence-corrected chi connectivity index (χ2v) is 5.42. The Balaban J connectivity index is 2.26. The Morgan fingerprint density at radius 2 is 2.11 bits per heavy atom. The molecule has 3 heteroatoms. The number of likely N-dealkylation sites (tertiary alicyclic amines) is 1. The van der Waals surface area contributed by atoms with Gasteiger partial charge in [0.1, 0.15) is 5.82 Å². The lowest BCUT2D eigenvalue weighted by Gasteiger charge is -2.36. The summed E-state index contributed by atoms with van der Waals surface area (Å²) in [5, 5.41) is 0. The summed E-state index contributed by atoms with van der Waals surface area (Å²) in [6, 6.07) is 7.62. The molecule has 1 saturated heterocycles. The Morgan fingerprint density at radius 1 is 1.32 bits per heavy atom. The van der Waals surface area contributed by atoms with Crippen molar-refractivity contribution in [2.24, 2.45) is 5.73 Å². The van der Waals surface area contributed by atoms with Gasteiger partial charge in [0.25, 0.3) is 0 Å². The summed E-state index contributed by atoms with van der Waals surface area (Å²) < 4.78 is 14.0. The van der Waals surface area contributed by atoms with Gasteiger partial charge >= 0.3 is 0 Å². The molecule has 1 aromatic rings. The van der Waals surface area contributed by atoms with Crippen LogP contribution in [0.15, 0.2) is 24.3 Å². The van der Waals surface area contributed by atoms with E-state index >= 15 is 0 Å². The van der Waals surface area contributed by atoms with Crippen molar-refractivity contribution >= 4 is 0 Å². The van der Waals surface area contributed by atoms with E-state index < -0.39 is 0 Å². The van der Waals surface area contributed by atoms with Crippen LogP contribution in [0.1, 0.15) is 50.6 Å². The highest BCUT2D eigenvalue weighted by molar-refractivity contribution is 5.22. The van der Waals surface area contributed by atoms with Gasteiger partial charge in [0.2, 0.25) is 0 Å². The lowest BCUT2D eigenvalue weighted by atomic mass is 10.00. The predicted molar refractivity (Wildman–Crippen MR) is 77.4 cm³/mol. The zero-order chi connectivity index (χ0) is 13.7. The molecule has 0 saturated carbocycles. The lowest BCUT2D eigenvalue weighted by molar-refractivity contribution is 0.133. The molecule has 1 aliphatic rings. The number of hydrogen-bond donors (Lipinski definition) is 1. The van der Waals surface area contributed by atoms with Crippen LogP contribution in [0, 0.1) is 5.82 Å². The summed E-state index contributed by atoms with van der Waals surface area (Å²) >= 11 is 0. The van der Waals surface area contributed by atoms with Gasteiger partial charge in [-0.25, -0.2) is 4.39 Å². The molecular formula is C16H25FN2. The van der Waals surface area contributed by atoms with Crippen LogP contribution in [-0.2, 0) is 0 Å². The van der Waals surface area contributed by atoms with Crippen LogP contribution in [0.5, 0.6) is 0 Å².